The molecule has 1 fully saturated rings. The molecule has 1 aliphatic heterocycles. The van der Waals surface area contributed by atoms with Crippen molar-refractivity contribution in [3.8, 4) is 11.1 Å². The van der Waals surface area contributed by atoms with Crippen molar-refractivity contribution in [1.82, 2.24) is 18.8 Å². The molecule has 0 amide bonds. The Morgan fingerprint density at radius 3 is 2.62 bits per heavy atom. The minimum Gasteiger partial charge on any atom is -0.317 e. The van der Waals surface area contributed by atoms with Crippen molar-refractivity contribution in [2.75, 3.05) is 25.9 Å². The molecular formula is C20H24N4O3S2. The summed E-state index contributed by atoms with van der Waals surface area (Å²) in [6.07, 6.45) is 6.65. The van der Waals surface area contributed by atoms with Gasteiger partial charge in [0.2, 0.25) is 10.0 Å². The molecule has 3 aromatic rings. The van der Waals surface area contributed by atoms with E-state index in [1.165, 1.54) is 10.6 Å². The van der Waals surface area contributed by atoms with Gasteiger partial charge in [-0.3, -0.25) is 14.7 Å². The van der Waals surface area contributed by atoms with Crippen molar-refractivity contribution >= 4 is 31.4 Å². The second kappa shape index (κ2) is 7.64. The van der Waals surface area contributed by atoms with Gasteiger partial charge >= 0.3 is 0 Å². The van der Waals surface area contributed by atoms with Crippen molar-refractivity contribution in [2.45, 2.75) is 19.5 Å². The summed E-state index contributed by atoms with van der Waals surface area (Å²) in [5.74, 6) is 0. The van der Waals surface area contributed by atoms with E-state index in [2.05, 4.69) is 9.88 Å². The van der Waals surface area contributed by atoms with Gasteiger partial charge in [-0.1, -0.05) is 0 Å². The second-order valence-electron chi connectivity index (χ2n) is 7.59. The van der Waals surface area contributed by atoms with E-state index < -0.39 is 10.0 Å². The molecule has 0 N–H and O–H groups in total. The maximum atomic E-state index is 12.7. The molecule has 1 unspecified atom stereocenters. The van der Waals surface area contributed by atoms with E-state index in [0.717, 1.165) is 26.1 Å². The topological polar surface area (TPSA) is 75.5 Å². The second-order valence-corrected chi connectivity index (χ2v) is 10.7. The molecule has 1 atom stereocenters. The van der Waals surface area contributed by atoms with Gasteiger partial charge in [-0.25, -0.2) is 8.42 Å². The molecule has 4 heterocycles. The summed E-state index contributed by atoms with van der Waals surface area (Å²) in [4.78, 5) is 20.2. The van der Waals surface area contributed by atoms with Crippen LogP contribution < -0.4 is 5.56 Å². The quantitative estimate of drug-likeness (QED) is 0.631. The van der Waals surface area contributed by atoms with Gasteiger partial charge in [0.15, 0.2) is 0 Å². The lowest BCUT2D eigenvalue weighted by atomic mass is 10.1. The van der Waals surface area contributed by atoms with Gasteiger partial charge in [0, 0.05) is 73.0 Å². The smallest absolute Gasteiger partial charge is 0.259 e. The largest absolute Gasteiger partial charge is 0.317 e. The third-order valence-electron chi connectivity index (χ3n) is 5.45. The van der Waals surface area contributed by atoms with Gasteiger partial charge in [0.1, 0.15) is 0 Å². The van der Waals surface area contributed by atoms with Crippen LogP contribution in [0.15, 0.2) is 41.6 Å². The van der Waals surface area contributed by atoms with Crippen LogP contribution in [0.3, 0.4) is 0 Å². The number of fused-ring (bicyclic) bond motifs is 1. The average molecular weight is 433 g/mol. The Bertz CT molecular complexity index is 1200. The molecule has 1 saturated heterocycles. The van der Waals surface area contributed by atoms with Crippen LogP contribution in [0.2, 0.25) is 0 Å². The number of thiophene rings is 1. The van der Waals surface area contributed by atoms with E-state index in [-0.39, 0.29) is 11.6 Å². The van der Waals surface area contributed by atoms with Crippen LogP contribution in [-0.2, 0) is 23.6 Å². The number of hydrogen-bond donors (Lipinski definition) is 0. The molecule has 154 valence electrons. The minimum absolute atomic E-state index is 0.00440. The van der Waals surface area contributed by atoms with E-state index in [0.29, 0.717) is 26.2 Å². The first kappa shape index (κ1) is 20.2. The van der Waals surface area contributed by atoms with Gasteiger partial charge < -0.3 is 4.57 Å². The molecular weight excluding hydrogens is 408 g/mol. The van der Waals surface area contributed by atoms with Crippen LogP contribution in [-0.4, -0.2) is 59.1 Å². The predicted molar refractivity (Wildman–Crippen MR) is 117 cm³/mol. The minimum atomic E-state index is -3.16. The highest BCUT2D eigenvalue weighted by atomic mass is 32.2. The fourth-order valence-electron chi connectivity index (χ4n) is 3.82. The normalized spacial score (nSPS) is 19.1. The van der Waals surface area contributed by atoms with Gasteiger partial charge in [0.25, 0.3) is 5.56 Å². The predicted octanol–water partition coefficient (Wildman–Crippen LogP) is 2.13. The molecule has 9 heteroatoms. The van der Waals surface area contributed by atoms with E-state index in [4.69, 9.17) is 0 Å². The number of rotatable bonds is 4. The number of aryl methyl sites for hydroxylation is 1. The summed E-state index contributed by atoms with van der Waals surface area (Å²) in [6.45, 7) is 4.42. The molecule has 4 rings (SSSR count). The van der Waals surface area contributed by atoms with Crippen LogP contribution in [0.25, 0.3) is 21.2 Å². The third kappa shape index (κ3) is 4.00. The number of aromatic nitrogens is 2. The fourth-order valence-corrected chi connectivity index (χ4v) is 5.92. The highest BCUT2D eigenvalue weighted by Crippen LogP contribution is 2.33. The molecule has 29 heavy (non-hydrogen) atoms. The first-order valence-corrected chi connectivity index (χ1v) is 12.1. The molecule has 0 spiro atoms. The number of pyridine rings is 2. The van der Waals surface area contributed by atoms with Crippen molar-refractivity contribution in [3.05, 3.63) is 52.0 Å². The first-order valence-electron chi connectivity index (χ1n) is 9.45. The summed E-state index contributed by atoms with van der Waals surface area (Å²) in [5, 5.41) is 0.726. The zero-order valence-electron chi connectivity index (χ0n) is 16.7. The van der Waals surface area contributed by atoms with Crippen molar-refractivity contribution < 1.29 is 8.42 Å². The third-order valence-corrected chi connectivity index (χ3v) is 7.87. The summed E-state index contributed by atoms with van der Waals surface area (Å²) in [6, 6.07) is 6.00. The highest BCUT2D eigenvalue weighted by Gasteiger charge is 2.29. The summed E-state index contributed by atoms with van der Waals surface area (Å²) in [7, 11) is -1.39. The number of sulfonamides is 1. The van der Waals surface area contributed by atoms with Crippen molar-refractivity contribution in [2.24, 2.45) is 7.05 Å². The lowest BCUT2D eigenvalue weighted by Crippen LogP contribution is -2.52. The van der Waals surface area contributed by atoms with E-state index >= 15 is 0 Å². The van der Waals surface area contributed by atoms with E-state index in [1.54, 1.807) is 35.3 Å². The lowest BCUT2D eigenvalue weighted by molar-refractivity contribution is 0.123. The van der Waals surface area contributed by atoms with Crippen molar-refractivity contribution in [1.29, 1.82) is 0 Å². The summed E-state index contributed by atoms with van der Waals surface area (Å²) in [5.41, 5.74) is 2.05. The maximum Gasteiger partial charge on any atom is 0.259 e. The van der Waals surface area contributed by atoms with Gasteiger partial charge in [0.05, 0.1) is 11.6 Å². The van der Waals surface area contributed by atoms with Gasteiger partial charge in [-0.15, -0.1) is 11.3 Å². The molecule has 0 saturated carbocycles. The van der Waals surface area contributed by atoms with Crippen LogP contribution >= 0.6 is 11.3 Å². The van der Waals surface area contributed by atoms with E-state index in [1.807, 2.05) is 31.3 Å². The molecule has 3 aromatic heterocycles. The Labute approximate surface area is 174 Å². The molecule has 0 radical (unpaired) electrons. The molecule has 0 aromatic carbocycles. The number of piperazine rings is 1. The number of nitrogens with zero attached hydrogens (tertiary/aromatic N) is 4. The van der Waals surface area contributed by atoms with Crippen LogP contribution in [0.5, 0.6) is 0 Å². The molecule has 1 aliphatic rings. The fraction of sp³-hybridized carbons (Fsp3) is 0.400. The Balaban J connectivity index is 1.66. The van der Waals surface area contributed by atoms with Crippen LogP contribution in [0.4, 0.5) is 0 Å². The summed E-state index contributed by atoms with van der Waals surface area (Å²) < 4.78 is 27.8. The summed E-state index contributed by atoms with van der Waals surface area (Å²) >= 11 is 1.64. The van der Waals surface area contributed by atoms with E-state index in [9.17, 15) is 13.2 Å². The lowest BCUT2D eigenvalue weighted by Gasteiger charge is -2.38. The Morgan fingerprint density at radius 1 is 1.24 bits per heavy atom. The Kier molecular flexibility index (Phi) is 5.32. The Hall–Kier alpha value is -2.07. The average Bonchev–Trinajstić information content (AvgIpc) is 3.10. The molecule has 7 nitrogen and oxygen atoms in total. The Morgan fingerprint density at radius 2 is 1.97 bits per heavy atom. The standard InChI is InChI=1S/C20H24N4O3S2/c1-14-11-24(29(3,26)27)9-8-23(14)12-16-10-17-19(28-16)18(13-22(2)20(17)25)15-4-6-21-7-5-15/h4-7,10,13-14H,8-9,11-12H2,1-3H3. The monoisotopic (exact) mass is 432 g/mol. The number of hydrogen-bond acceptors (Lipinski definition) is 6. The van der Waals surface area contributed by atoms with Crippen LogP contribution in [0.1, 0.15) is 11.8 Å². The SMILES string of the molecule is CC1CN(S(C)(=O)=O)CCN1Cc1cc2c(=O)n(C)cc(-c3ccncc3)c2s1. The molecule has 0 bridgehead atoms. The van der Waals surface area contributed by atoms with Gasteiger partial charge in [-0.2, -0.15) is 4.31 Å². The van der Waals surface area contributed by atoms with Crippen molar-refractivity contribution in [3.63, 3.8) is 0 Å². The van der Waals surface area contributed by atoms with Crippen LogP contribution in [0, 0.1) is 0 Å². The van der Waals surface area contributed by atoms with Gasteiger partial charge in [-0.05, 0) is 30.7 Å². The molecule has 0 aliphatic carbocycles. The zero-order valence-corrected chi connectivity index (χ0v) is 18.3. The maximum absolute atomic E-state index is 12.7. The first-order chi connectivity index (χ1) is 13.7. The zero-order chi connectivity index (χ0) is 20.8. The highest BCUT2D eigenvalue weighted by molar-refractivity contribution is 7.88.